The molecular weight excluding hydrogens is 526 g/mol. The summed E-state index contributed by atoms with van der Waals surface area (Å²) in [6, 6.07) is 11.3. The zero-order chi connectivity index (χ0) is 27.6. The molecule has 2 fully saturated rings. The van der Waals surface area contributed by atoms with Gasteiger partial charge in [-0.3, -0.25) is 15.3 Å². The molecule has 12 heteroatoms. The van der Waals surface area contributed by atoms with E-state index in [1.807, 2.05) is 11.0 Å². The van der Waals surface area contributed by atoms with Gasteiger partial charge in [0.25, 0.3) is 0 Å². The Balaban J connectivity index is 1.12. The van der Waals surface area contributed by atoms with Crippen LogP contribution in [0.2, 0.25) is 0 Å². The van der Waals surface area contributed by atoms with Crippen LogP contribution in [0.25, 0.3) is 0 Å². The fourth-order valence-corrected chi connectivity index (χ4v) is 6.55. The molecule has 2 aromatic carbocycles. The molecule has 210 valence electrons. The molecule has 3 aliphatic heterocycles. The highest BCUT2D eigenvalue weighted by molar-refractivity contribution is 7.89. The van der Waals surface area contributed by atoms with E-state index in [1.54, 1.807) is 54.7 Å². The summed E-state index contributed by atoms with van der Waals surface area (Å²) in [7, 11) is -3.70. The quantitative estimate of drug-likeness (QED) is 0.456. The number of nitrogens with zero attached hydrogens (tertiary/aromatic N) is 4. The van der Waals surface area contributed by atoms with Crippen molar-refractivity contribution in [1.82, 2.24) is 14.2 Å². The second-order valence-corrected chi connectivity index (χ2v) is 12.4. The van der Waals surface area contributed by atoms with Crippen LogP contribution in [0.1, 0.15) is 24.8 Å². The van der Waals surface area contributed by atoms with Crippen molar-refractivity contribution in [3.63, 3.8) is 0 Å². The van der Waals surface area contributed by atoms with Crippen LogP contribution in [0.15, 0.2) is 64.2 Å². The molecule has 2 saturated heterocycles. The maximum absolute atomic E-state index is 13.5. The van der Waals surface area contributed by atoms with Crippen LogP contribution < -0.4 is 10.7 Å². The number of anilines is 2. The molecule has 0 spiro atoms. The van der Waals surface area contributed by atoms with Gasteiger partial charge in [0.2, 0.25) is 10.0 Å². The number of hydrazine groups is 1. The number of aryl methyl sites for hydroxylation is 1. The van der Waals surface area contributed by atoms with Gasteiger partial charge in [-0.1, -0.05) is 0 Å². The van der Waals surface area contributed by atoms with E-state index in [0.717, 1.165) is 5.69 Å². The molecule has 3 N–H and O–H groups in total. The molecule has 2 aromatic rings. The van der Waals surface area contributed by atoms with E-state index in [1.165, 1.54) is 10.4 Å². The average Bonchev–Trinajstić information content (AvgIpc) is 3.31. The summed E-state index contributed by atoms with van der Waals surface area (Å²) in [6.45, 7) is 3.98. The highest BCUT2D eigenvalue weighted by atomic mass is 32.2. The number of hydrogen-bond donors (Lipinski definition) is 3. The fourth-order valence-electron chi connectivity index (χ4n) is 5.11. The molecule has 1 atom stereocenters. The Bertz CT molecular complexity index is 1340. The molecule has 0 bridgehead atoms. The van der Waals surface area contributed by atoms with Gasteiger partial charge in [0, 0.05) is 38.4 Å². The van der Waals surface area contributed by atoms with Gasteiger partial charge in [0.05, 0.1) is 22.7 Å². The minimum atomic E-state index is -3.70. The Kier molecular flexibility index (Phi) is 7.90. The number of β-amino-alcohol motifs (C(OH)–C–C–N with tert-alkyl or cyclic N) is 1. The summed E-state index contributed by atoms with van der Waals surface area (Å²) in [5.74, 6) is 0.381. The van der Waals surface area contributed by atoms with Crippen LogP contribution in [0.5, 0.6) is 0 Å². The first-order chi connectivity index (χ1) is 18.6. The maximum atomic E-state index is 13.5. The number of benzene rings is 2. The van der Waals surface area contributed by atoms with Gasteiger partial charge in [0.1, 0.15) is 24.1 Å². The molecular formula is C27H34F2N6O3S. The second kappa shape index (κ2) is 11.2. The number of aliphatic imine (C=N–C) groups is 1. The van der Waals surface area contributed by atoms with E-state index >= 15 is 0 Å². The van der Waals surface area contributed by atoms with Crippen molar-refractivity contribution in [2.75, 3.05) is 50.0 Å². The number of sulfonamides is 1. The Hall–Kier alpha value is -3.06. The number of likely N-dealkylation sites (tertiary alicyclic amines) is 1. The van der Waals surface area contributed by atoms with Gasteiger partial charge in [-0.25, -0.2) is 22.2 Å². The van der Waals surface area contributed by atoms with Gasteiger partial charge in [0.15, 0.2) is 0 Å². The predicted molar refractivity (Wildman–Crippen MR) is 147 cm³/mol. The lowest BCUT2D eigenvalue weighted by molar-refractivity contribution is -0.0292. The number of rotatable bonds is 8. The maximum Gasteiger partial charge on any atom is 0.243 e. The average molecular weight is 561 g/mol. The zero-order valence-electron chi connectivity index (χ0n) is 21.9. The fraction of sp³-hybridized carbons (Fsp3) is 0.444. The van der Waals surface area contributed by atoms with Crippen molar-refractivity contribution < 1.29 is 22.3 Å². The zero-order valence-corrected chi connectivity index (χ0v) is 22.7. The first kappa shape index (κ1) is 27.5. The number of halogens is 2. The van der Waals surface area contributed by atoms with Gasteiger partial charge >= 0.3 is 0 Å². The lowest BCUT2D eigenvalue weighted by atomic mass is 9.92. The van der Waals surface area contributed by atoms with Gasteiger partial charge in [-0.15, -0.1) is 0 Å². The Morgan fingerprint density at radius 1 is 1.10 bits per heavy atom. The molecule has 0 saturated carbocycles. The third kappa shape index (κ3) is 6.57. The lowest BCUT2D eigenvalue weighted by Gasteiger charge is -2.39. The predicted octanol–water partition coefficient (Wildman–Crippen LogP) is 3.32. The Labute approximate surface area is 227 Å². The van der Waals surface area contributed by atoms with Crippen molar-refractivity contribution in [2.24, 2.45) is 4.99 Å². The Morgan fingerprint density at radius 3 is 2.44 bits per heavy atom. The summed E-state index contributed by atoms with van der Waals surface area (Å²) in [5, 5.41) is 15.8. The molecule has 39 heavy (non-hydrogen) atoms. The van der Waals surface area contributed by atoms with Crippen LogP contribution in [0.3, 0.4) is 0 Å². The van der Waals surface area contributed by atoms with Crippen LogP contribution >= 0.6 is 0 Å². The van der Waals surface area contributed by atoms with Crippen LogP contribution in [0.4, 0.5) is 20.2 Å². The molecule has 5 rings (SSSR count). The first-order valence-electron chi connectivity index (χ1n) is 13.1. The van der Waals surface area contributed by atoms with E-state index in [9.17, 15) is 22.3 Å². The molecule has 0 aliphatic carbocycles. The third-order valence-corrected chi connectivity index (χ3v) is 9.31. The molecule has 0 radical (unpaired) electrons. The van der Waals surface area contributed by atoms with Crippen molar-refractivity contribution >= 4 is 27.7 Å². The normalized spacial score (nSPS) is 22.1. The number of nitrogens with one attached hydrogen (secondary N) is 2. The topological polar surface area (TPSA) is 101 Å². The minimum absolute atomic E-state index is 0.187. The SMILES string of the molecule is Cc1cc(NC2=CCN(Nc3ccc(S(=O)(=O)N4CCC(O)(CN5CC[C@H](F)C5)CC4)cc3)C=N2)ccc1F. The van der Waals surface area contributed by atoms with Crippen LogP contribution in [-0.2, 0) is 10.0 Å². The molecule has 3 aliphatic rings. The highest BCUT2D eigenvalue weighted by Gasteiger charge is 2.39. The van der Waals surface area contributed by atoms with Crippen molar-refractivity contribution in [3.8, 4) is 0 Å². The van der Waals surface area contributed by atoms with Crippen molar-refractivity contribution in [2.45, 2.75) is 42.9 Å². The standard InChI is InChI=1S/C27H34F2N6O3S/c1-20-16-23(4-7-25(20)29)31-26-9-13-34(19-30-26)32-22-2-5-24(6-3-22)39(37,38)35-14-10-27(36,11-15-35)18-33-12-8-21(28)17-33/h2-7,9,16,19,21,31-32,36H,8,10-15,17-18H2,1H3/t21-/m0/s1. The summed E-state index contributed by atoms with van der Waals surface area (Å²) in [5.41, 5.74) is 4.17. The first-order valence-corrected chi connectivity index (χ1v) is 14.5. The van der Waals surface area contributed by atoms with E-state index in [-0.39, 0.29) is 23.8 Å². The molecule has 0 amide bonds. The molecule has 9 nitrogen and oxygen atoms in total. The molecule has 0 unspecified atom stereocenters. The summed E-state index contributed by atoms with van der Waals surface area (Å²) in [6.07, 6.45) is 3.77. The van der Waals surface area contributed by atoms with Gasteiger partial charge in [-0.05, 0) is 80.3 Å². The summed E-state index contributed by atoms with van der Waals surface area (Å²) < 4.78 is 54.8. The summed E-state index contributed by atoms with van der Waals surface area (Å²) in [4.78, 5) is 6.48. The van der Waals surface area contributed by atoms with Crippen LogP contribution in [0, 0.1) is 12.7 Å². The third-order valence-electron chi connectivity index (χ3n) is 7.40. The number of aliphatic hydroxyl groups is 1. The highest BCUT2D eigenvalue weighted by Crippen LogP contribution is 2.29. The van der Waals surface area contributed by atoms with E-state index < -0.39 is 21.8 Å². The van der Waals surface area contributed by atoms with E-state index in [2.05, 4.69) is 15.7 Å². The van der Waals surface area contributed by atoms with Gasteiger partial charge < -0.3 is 10.4 Å². The van der Waals surface area contributed by atoms with Crippen molar-refractivity contribution in [1.29, 1.82) is 0 Å². The monoisotopic (exact) mass is 560 g/mol. The van der Waals surface area contributed by atoms with E-state index in [0.29, 0.717) is 62.5 Å². The van der Waals surface area contributed by atoms with E-state index in [4.69, 9.17) is 0 Å². The molecule has 3 heterocycles. The van der Waals surface area contributed by atoms with Crippen molar-refractivity contribution in [3.05, 3.63) is 65.7 Å². The Morgan fingerprint density at radius 2 is 1.82 bits per heavy atom. The lowest BCUT2D eigenvalue weighted by Crippen LogP contribution is -2.51. The largest absolute Gasteiger partial charge is 0.388 e. The molecule has 0 aromatic heterocycles. The van der Waals surface area contributed by atoms with Gasteiger partial charge in [-0.2, -0.15) is 4.31 Å². The van der Waals surface area contributed by atoms with Crippen LogP contribution in [-0.4, -0.2) is 85.1 Å². The second-order valence-electron chi connectivity index (χ2n) is 10.5. The summed E-state index contributed by atoms with van der Waals surface area (Å²) >= 11 is 0. The smallest absolute Gasteiger partial charge is 0.243 e. The number of piperidine rings is 1. The number of hydrogen-bond acceptors (Lipinski definition) is 8. The minimum Gasteiger partial charge on any atom is -0.388 e. The number of alkyl halides is 1.